The highest BCUT2D eigenvalue weighted by Gasteiger charge is 2.25. The van der Waals surface area contributed by atoms with Crippen molar-refractivity contribution in [2.75, 3.05) is 6.61 Å². The van der Waals surface area contributed by atoms with E-state index >= 15 is 0 Å². The largest absolute Gasteiger partial charge is 0.373 e. The lowest BCUT2D eigenvalue weighted by molar-refractivity contribution is -0.126. The van der Waals surface area contributed by atoms with E-state index in [0.29, 0.717) is 37.6 Å². The molecular formula is C22H23ClN4O2. The normalized spacial score (nSPS) is 20.4. The van der Waals surface area contributed by atoms with Crippen LogP contribution < -0.4 is 5.32 Å². The number of ether oxygens (including phenoxy) is 1. The Bertz CT molecular complexity index is 960. The van der Waals surface area contributed by atoms with E-state index in [1.54, 1.807) is 6.20 Å². The number of aryl methyl sites for hydroxylation is 1. The smallest absolute Gasteiger partial charge is 0.224 e. The summed E-state index contributed by atoms with van der Waals surface area (Å²) in [7, 11) is 0. The molecule has 7 heteroatoms. The van der Waals surface area contributed by atoms with E-state index in [2.05, 4.69) is 15.6 Å². The quantitative estimate of drug-likeness (QED) is 0.716. The van der Waals surface area contributed by atoms with Crippen molar-refractivity contribution in [1.82, 2.24) is 20.3 Å². The van der Waals surface area contributed by atoms with Crippen molar-refractivity contribution < 1.29 is 9.53 Å². The zero-order valence-electron chi connectivity index (χ0n) is 16.0. The maximum atomic E-state index is 13.2. The number of benzene rings is 2. The van der Waals surface area contributed by atoms with Crippen molar-refractivity contribution in [3.63, 3.8) is 0 Å². The first-order valence-electron chi connectivity index (χ1n) is 9.74. The number of nitrogens with zero attached hydrogens (tertiary/aromatic N) is 3. The number of halogens is 1. The Morgan fingerprint density at radius 1 is 1.17 bits per heavy atom. The van der Waals surface area contributed by atoms with Crippen LogP contribution in [0, 0.1) is 5.92 Å². The monoisotopic (exact) mass is 410 g/mol. The van der Waals surface area contributed by atoms with Crippen LogP contribution in [0.5, 0.6) is 0 Å². The fraction of sp³-hybridized carbons (Fsp3) is 0.318. The highest BCUT2D eigenvalue weighted by atomic mass is 35.5. The maximum Gasteiger partial charge on any atom is 0.224 e. The molecular weight excluding hydrogens is 388 g/mol. The summed E-state index contributed by atoms with van der Waals surface area (Å²) in [4.78, 5) is 13.2. The predicted molar refractivity (Wildman–Crippen MR) is 110 cm³/mol. The van der Waals surface area contributed by atoms with Crippen LogP contribution in [0.15, 0.2) is 60.8 Å². The average molecular weight is 411 g/mol. The molecule has 1 aliphatic heterocycles. The zero-order chi connectivity index (χ0) is 20.1. The number of hydrogen-bond acceptors (Lipinski definition) is 4. The molecule has 1 N–H and O–H groups in total. The fourth-order valence-electron chi connectivity index (χ4n) is 3.61. The molecule has 2 aromatic carbocycles. The molecule has 0 radical (unpaired) electrons. The van der Waals surface area contributed by atoms with Crippen LogP contribution in [0.25, 0.3) is 0 Å². The van der Waals surface area contributed by atoms with Crippen molar-refractivity contribution in [2.24, 2.45) is 5.92 Å². The van der Waals surface area contributed by atoms with E-state index in [1.807, 2.05) is 59.3 Å². The van der Waals surface area contributed by atoms with E-state index < -0.39 is 0 Å². The molecule has 0 aliphatic carbocycles. The van der Waals surface area contributed by atoms with E-state index in [4.69, 9.17) is 16.3 Å². The number of carbonyl (C=O) groups is 1. The third-order valence-electron chi connectivity index (χ3n) is 5.18. The molecule has 0 unspecified atom stereocenters. The van der Waals surface area contributed by atoms with E-state index in [-0.39, 0.29) is 17.9 Å². The molecule has 2 atom stereocenters. The lowest BCUT2D eigenvalue weighted by Crippen LogP contribution is -2.37. The molecule has 1 aromatic heterocycles. The number of amides is 1. The number of rotatable bonds is 3. The highest BCUT2D eigenvalue weighted by molar-refractivity contribution is 6.30. The van der Waals surface area contributed by atoms with Crippen LogP contribution in [-0.4, -0.2) is 27.5 Å². The van der Waals surface area contributed by atoms with Crippen molar-refractivity contribution in [1.29, 1.82) is 0 Å². The van der Waals surface area contributed by atoms with Gasteiger partial charge in [0.2, 0.25) is 5.91 Å². The minimum Gasteiger partial charge on any atom is -0.373 e. The van der Waals surface area contributed by atoms with E-state index in [0.717, 1.165) is 16.8 Å². The third kappa shape index (κ3) is 5.02. The lowest BCUT2D eigenvalue weighted by Gasteiger charge is -2.23. The molecule has 0 fully saturated rings. The SMILES string of the molecule is O=C1N[C@H](c2ccccc2)COCc2cnnn2CC[C@H]1Cc1cccc(Cl)c1. The van der Waals surface area contributed by atoms with Gasteiger partial charge in [-0.2, -0.15) is 0 Å². The number of aromatic nitrogens is 3. The van der Waals surface area contributed by atoms with Crippen LogP contribution >= 0.6 is 11.6 Å². The first-order valence-corrected chi connectivity index (χ1v) is 10.1. The zero-order valence-corrected chi connectivity index (χ0v) is 16.8. The van der Waals surface area contributed by atoms with Gasteiger partial charge in [0.1, 0.15) is 0 Å². The third-order valence-corrected chi connectivity index (χ3v) is 5.42. The van der Waals surface area contributed by atoms with Gasteiger partial charge in [-0.1, -0.05) is 59.3 Å². The number of carbonyl (C=O) groups excluding carboxylic acids is 1. The molecule has 150 valence electrons. The molecule has 29 heavy (non-hydrogen) atoms. The minimum absolute atomic E-state index is 0.00555. The van der Waals surface area contributed by atoms with Gasteiger partial charge in [0.15, 0.2) is 0 Å². The Hall–Kier alpha value is -2.70. The molecule has 3 aromatic rings. The Morgan fingerprint density at radius 3 is 2.86 bits per heavy atom. The highest BCUT2D eigenvalue weighted by Crippen LogP contribution is 2.21. The second-order valence-electron chi connectivity index (χ2n) is 7.26. The summed E-state index contributed by atoms with van der Waals surface area (Å²) in [5.74, 6) is -0.208. The summed E-state index contributed by atoms with van der Waals surface area (Å²) in [6.07, 6.45) is 2.98. The summed E-state index contributed by atoms with van der Waals surface area (Å²) in [6, 6.07) is 17.4. The first-order chi connectivity index (χ1) is 14.2. The standard InChI is InChI=1S/C22H23ClN4O2/c23-19-8-4-5-16(12-19)11-18-9-10-27-20(13-24-26-27)14-29-15-21(25-22(18)28)17-6-2-1-3-7-17/h1-8,12-13,18,21H,9-11,14-15H2,(H,25,28)/t18-,21-/m0/s1. The first kappa shape index (κ1) is 19.6. The second kappa shape index (κ2) is 9.20. The van der Waals surface area contributed by atoms with Crippen molar-refractivity contribution in [3.05, 3.63) is 82.6 Å². The Labute approximate surface area is 174 Å². The predicted octanol–water partition coefficient (Wildman–Crippen LogP) is 3.57. The van der Waals surface area contributed by atoms with Crippen molar-refractivity contribution >= 4 is 17.5 Å². The van der Waals surface area contributed by atoms with E-state index in [9.17, 15) is 4.79 Å². The van der Waals surface area contributed by atoms with Gasteiger partial charge in [0.25, 0.3) is 0 Å². The molecule has 6 nitrogen and oxygen atoms in total. The van der Waals surface area contributed by atoms with Crippen LogP contribution in [0.4, 0.5) is 0 Å². The Balaban J connectivity index is 1.60. The van der Waals surface area contributed by atoms with Gasteiger partial charge in [-0.3, -0.25) is 4.79 Å². The summed E-state index contributed by atoms with van der Waals surface area (Å²) in [5, 5.41) is 12.0. The van der Waals surface area contributed by atoms with E-state index in [1.165, 1.54) is 0 Å². The van der Waals surface area contributed by atoms with Crippen molar-refractivity contribution in [2.45, 2.75) is 32.0 Å². The molecule has 2 heterocycles. The molecule has 0 saturated heterocycles. The summed E-state index contributed by atoms with van der Waals surface area (Å²) in [6.45, 7) is 1.39. The Morgan fingerprint density at radius 2 is 2.03 bits per heavy atom. The summed E-state index contributed by atoms with van der Waals surface area (Å²) >= 11 is 6.14. The topological polar surface area (TPSA) is 69.0 Å². The van der Waals surface area contributed by atoms with Crippen molar-refractivity contribution in [3.8, 4) is 0 Å². The molecule has 0 bridgehead atoms. The second-order valence-corrected chi connectivity index (χ2v) is 7.69. The number of nitrogens with one attached hydrogen (secondary N) is 1. The van der Waals surface area contributed by atoms with Gasteiger partial charge in [-0.05, 0) is 36.1 Å². The van der Waals surface area contributed by atoms with Gasteiger partial charge in [0.05, 0.1) is 31.1 Å². The number of fused-ring (bicyclic) bond motifs is 1. The van der Waals surface area contributed by atoms with Crippen LogP contribution in [0.2, 0.25) is 5.02 Å². The summed E-state index contributed by atoms with van der Waals surface area (Å²) in [5.41, 5.74) is 2.97. The minimum atomic E-state index is -0.215. The molecule has 0 saturated carbocycles. The van der Waals surface area contributed by atoms with Gasteiger partial charge in [-0.25, -0.2) is 4.68 Å². The van der Waals surface area contributed by atoms with Crippen LogP contribution in [-0.2, 0) is 29.1 Å². The molecule has 4 rings (SSSR count). The van der Waals surface area contributed by atoms with Crippen LogP contribution in [0.1, 0.15) is 29.3 Å². The van der Waals surface area contributed by atoms with Crippen LogP contribution in [0.3, 0.4) is 0 Å². The number of hydrogen-bond donors (Lipinski definition) is 1. The van der Waals surface area contributed by atoms with Gasteiger partial charge < -0.3 is 10.1 Å². The average Bonchev–Trinajstić information content (AvgIpc) is 3.17. The maximum absolute atomic E-state index is 13.2. The van der Waals surface area contributed by atoms with Gasteiger partial charge >= 0.3 is 0 Å². The lowest BCUT2D eigenvalue weighted by atomic mass is 9.94. The van der Waals surface area contributed by atoms with Gasteiger partial charge in [0, 0.05) is 17.5 Å². The molecule has 1 aliphatic rings. The van der Waals surface area contributed by atoms with Gasteiger partial charge in [-0.15, -0.1) is 5.10 Å². The Kier molecular flexibility index (Phi) is 6.22. The molecule has 0 spiro atoms. The molecule has 1 amide bonds. The fourth-order valence-corrected chi connectivity index (χ4v) is 3.82. The summed E-state index contributed by atoms with van der Waals surface area (Å²) < 4.78 is 7.72.